The van der Waals surface area contributed by atoms with E-state index in [0.717, 1.165) is 24.0 Å². The Hall–Kier alpha value is -3.23. The molecule has 2 heterocycles. The molecule has 0 atom stereocenters. The first-order valence-electron chi connectivity index (χ1n) is 9.66. The summed E-state index contributed by atoms with van der Waals surface area (Å²) in [6.45, 7) is 7.31. The fourth-order valence-corrected chi connectivity index (χ4v) is 3.23. The third kappa shape index (κ3) is 4.98. The Balaban J connectivity index is 1.63. The first kappa shape index (κ1) is 20.5. The van der Waals surface area contributed by atoms with E-state index in [1.54, 1.807) is 37.3 Å². The number of carbonyl (C=O) groups is 1. The molecular formula is C20H28N6O3. The van der Waals surface area contributed by atoms with Gasteiger partial charge in [0.05, 0.1) is 19.9 Å². The number of nitrogens with one attached hydrogen (secondary N) is 2. The number of anilines is 3. The van der Waals surface area contributed by atoms with E-state index < -0.39 is 0 Å². The molecule has 1 aromatic heterocycles. The number of piperazine rings is 1. The molecule has 2 N–H and O–H groups in total. The van der Waals surface area contributed by atoms with Gasteiger partial charge in [0.1, 0.15) is 29.0 Å². The van der Waals surface area contributed by atoms with E-state index in [1.807, 2.05) is 19.9 Å². The first-order chi connectivity index (χ1) is 14.0. The van der Waals surface area contributed by atoms with Crippen molar-refractivity contribution in [2.45, 2.75) is 13.8 Å². The lowest BCUT2D eigenvalue weighted by atomic mass is 10.2. The van der Waals surface area contributed by atoms with Crippen molar-refractivity contribution in [3.8, 4) is 11.5 Å². The van der Waals surface area contributed by atoms with Crippen molar-refractivity contribution in [2.75, 3.05) is 62.5 Å². The van der Waals surface area contributed by atoms with Crippen LogP contribution in [-0.2, 0) is 0 Å². The summed E-state index contributed by atoms with van der Waals surface area (Å²) in [5, 5.41) is 6.15. The standard InChI is InChI=1S/C20H28N6O3/c1-5-21-18-13-19(23-14(2)22-18)25-8-10-26(11-9-25)20(27)24-16-12-15(28-3)6-7-17(16)29-4/h6-7,12-13H,5,8-11H2,1-4H3,(H,24,27)(H,21,22,23). The van der Waals surface area contributed by atoms with Gasteiger partial charge in [0.2, 0.25) is 0 Å². The molecular weight excluding hydrogens is 372 g/mol. The highest BCUT2D eigenvalue weighted by atomic mass is 16.5. The Morgan fingerprint density at radius 1 is 1.10 bits per heavy atom. The quantitative estimate of drug-likeness (QED) is 0.770. The van der Waals surface area contributed by atoms with Crippen LogP contribution in [-0.4, -0.2) is 67.8 Å². The molecule has 0 bridgehead atoms. The van der Waals surface area contributed by atoms with Crippen LogP contribution in [0.2, 0.25) is 0 Å². The zero-order chi connectivity index (χ0) is 20.8. The molecule has 0 unspecified atom stereocenters. The summed E-state index contributed by atoms with van der Waals surface area (Å²) in [7, 11) is 3.16. The lowest BCUT2D eigenvalue weighted by Gasteiger charge is -2.35. The minimum Gasteiger partial charge on any atom is -0.497 e. The van der Waals surface area contributed by atoms with E-state index in [9.17, 15) is 4.79 Å². The zero-order valence-electron chi connectivity index (χ0n) is 17.4. The van der Waals surface area contributed by atoms with E-state index in [4.69, 9.17) is 9.47 Å². The predicted molar refractivity (Wildman–Crippen MR) is 113 cm³/mol. The molecule has 156 valence electrons. The minimum atomic E-state index is -0.164. The van der Waals surface area contributed by atoms with Gasteiger partial charge in [-0.2, -0.15) is 0 Å². The van der Waals surface area contributed by atoms with Crippen molar-refractivity contribution in [1.82, 2.24) is 14.9 Å². The number of hydrogen-bond donors (Lipinski definition) is 2. The Labute approximate surface area is 171 Å². The molecule has 0 radical (unpaired) electrons. The van der Waals surface area contributed by atoms with E-state index in [0.29, 0.717) is 43.4 Å². The van der Waals surface area contributed by atoms with Crippen LogP contribution >= 0.6 is 0 Å². The van der Waals surface area contributed by atoms with E-state index >= 15 is 0 Å². The normalized spacial score (nSPS) is 13.8. The van der Waals surface area contributed by atoms with Crippen LogP contribution in [0.4, 0.5) is 22.1 Å². The summed E-state index contributed by atoms with van der Waals surface area (Å²) >= 11 is 0. The van der Waals surface area contributed by atoms with Gasteiger partial charge < -0.3 is 29.9 Å². The molecule has 0 aliphatic carbocycles. The van der Waals surface area contributed by atoms with Crippen molar-refractivity contribution in [1.29, 1.82) is 0 Å². The highest BCUT2D eigenvalue weighted by molar-refractivity contribution is 5.91. The van der Waals surface area contributed by atoms with Gasteiger partial charge in [0.15, 0.2) is 0 Å². The molecule has 3 rings (SSSR count). The summed E-state index contributed by atoms with van der Waals surface area (Å²) in [4.78, 5) is 25.6. The molecule has 9 nitrogen and oxygen atoms in total. The summed E-state index contributed by atoms with van der Waals surface area (Å²) in [5.41, 5.74) is 0.584. The van der Waals surface area contributed by atoms with Crippen molar-refractivity contribution >= 4 is 23.4 Å². The SMILES string of the molecule is CCNc1cc(N2CCN(C(=O)Nc3cc(OC)ccc3OC)CC2)nc(C)n1. The average molecular weight is 400 g/mol. The Morgan fingerprint density at radius 2 is 1.86 bits per heavy atom. The molecule has 2 amide bonds. The van der Waals surface area contributed by atoms with Crippen LogP contribution < -0.4 is 25.0 Å². The number of amides is 2. The van der Waals surface area contributed by atoms with Crippen molar-refractivity contribution in [3.05, 3.63) is 30.1 Å². The van der Waals surface area contributed by atoms with Crippen LogP contribution in [0.25, 0.3) is 0 Å². The second-order valence-corrected chi connectivity index (χ2v) is 6.66. The van der Waals surface area contributed by atoms with Gasteiger partial charge in [0, 0.05) is 44.9 Å². The number of urea groups is 1. The number of hydrogen-bond acceptors (Lipinski definition) is 7. The van der Waals surface area contributed by atoms with E-state index in [1.165, 1.54) is 0 Å². The summed E-state index contributed by atoms with van der Waals surface area (Å²) < 4.78 is 10.6. The Bertz CT molecular complexity index is 852. The number of ether oxygens (including phenoxy) is 2. The number of benzene rings is 1. The molecule has 1 aromatic carbocycles. The fourth-order valence-electron chi connectivity index (χ4n) is 3.23. The maximum atomic E-state index is 12.7. The molecule has 2 aromatic rings. The minimum absolute atomic E-state index is 0.164. The molecule has 1 fully saturated rings. The monoisotopic (exact) mass is 400 g/mol. The van der Waals surface area contributed by atoms with Crippen LogP contribution in [0.15, 0.2) is 24.3 Å². The molecule has 1 aliphatic rings. The Kier molecular flexibility index (Phi) is 6.58. The van der Waals surface area contributed by atoms with E-state index in [-0.39, 0.29) is 6.03 Å². The van der Waals surface area contributed by atoms with Gasteiger partial charge in [-0.1, -0.05) is 0 Å². The highest BCUT2D eigenvalue weighted by Gasteiger charge is 2.23. The number of rotatable bonds is 6. The summed E-state index contributed by atoms with van der Waals surface area (Å²) in [5.74, 6) is 3.67. The van der Waals surface area contributed by atoms with Crippen LogP contribution in [0.1, 0.15) is 12.7 Å². The topological polar surface area (TPSA) is 91.9 Å². The average Bonchev–Trinajstić information content (AvgIpc) is 2.73. The van der Waals surface area contributed by atoms with Gasteiger partial charge in [-0.15, -0.1) is 0 Å². The largest absolute Gasteiger partial charge is 0.497 e. The maximum absolute atomic E-state index is 12.7. The smallest absolute Gasteiger partial charge is 0.322 e. The number of aromatic nitrogens is 2. The van der Waals surface area contributed by atoms with Crippen LogP contribution in [0.5, 0.6) is 11.5 Å². The number of aryl methyl sites for hydroxylation is 1. The number of carbonyl (C=O) groups excluding carboxylic acids is 1. The predicted octanol–water partition coefficient (Wildman–Crippen LogP) is 2.59. The second kappa shape index (κ2) is 9.31. The first-order valence-corrected chi connectivity index (χ1v) is 9.66. The zero-order valence-corrected chi connectivity index (χ0v) is 17.4. The van der Waals surface area contributed by atoms with Gasteiger partial charge in [-0.05, 0) is 26.0 Å². The molecule has 9 heteroatoms. The maximum Gasteiger partial charge on any atom is 0.322 e. The third-order valence-corrected chi connectivity index (χ3v) is 4.72. The highest BCUT2D eigenvalue weighted by Crippen LogP contribution is 2.29. The lowest BCUT2D eigenvalue weighted by Crippen LogP contribution is -2.50. The van der Waals surface area contributed by atoms with Gasteiger partial charge >= 0.3 is 6.03 Å². The Morgan fingerprint density at radius 3 is 2.52 bits per heavy atom. The molecule has 29 heavy (non-hydrogen) atoms. The molecule has 0 saturated carbocycles. The van der Waals surface area contributed by atoms with Crippen LogP contribution in [0, 0.1) is 6.92 Å². The number of methoxy groups -OCH3 is 2. The number of nitrogens with zero attached hydrogens (tertiary/aromatic N) is 4. The van der Waals surface area contributed by atoms with Crippen molar-refractivity contribution in [3.63, 3.8) is 0 Å². The molecule has 1 aliphatic heterocycles. The van der Waals surface area contributed by atoms with Crippen molar-refractivity contribution in [2.24, 2.45) is 0 Å². The van der Waals surface area contributed by atoms with Crippen LogP contribution in [0.3, 0.4) is 0 Å². The molecule has 1 saturated heterocycles. The summed E-state index contributed by atoms with van der Waals surface area (Å²) in [6, 6.07) is 7.10. The lowest BCUT2D eigenvalue weighted by molar-refractivity contribution is 0.208. The fraction of sp³-hybridized carbons (Fsp3) is 0.450. The summed E-state index contributed by atoms with van der Waals surface area (Å²) in [6.07, 6.45) is 0. The molecule has 0 spiro atoms. The second-order valence-electron chi connectivity index (χ2n) is 6.66. The van der Waals surface area contributed by atoms with Gasteiger partial charge in [-0.3, -0.25) is 0 Å². The van der Waals surface area contributed by atoms with Gasteiger partial charge in [0.25, 0.3) is 0 Å². The van der Waals surface area contributed by atoms with Crippen molar-refractivity contribution < 1.29 is 14.3 Å². The van der Waals surface area contributed by atoms with E-state index in [2.05, 4.69) is 25.5 Å². The third-order valence-electron chi connectivity index (χ3n) is 4.72. The van der Waals surface area contributed by atoms with Gasteiger partial charge in [-0.25, -0.2) is 14.8 Å².